The van der Waals surface area contributed by atoms with Gasteiger partial charge in [0.15, 0.2) is 0 Å². The van der Waals surface area contributed by atoms with E-state index in [0.29, 0.717) is 28.8 Å². The second-order valence-corrected chi connectivity index (χ2v) is 6.15. The predicted molar refractivity (Wildman–Crippen MR) is 79.5 cm³/mol. The maximum atomic E-state index is 13.2. The minimum absolute atomic E-state index is 0.135. The molecule has 0 bridgehead atoms. The summed E-state index contributed by atoms with van der Waals surface area (Å²) in [4.78, 5) is 12.1. The van der Waals surface area contributed by atoms with Gasteiger partial charge < -0.3 is 5.32 Å². The van der Waals surface area contributed by atoms with Crippen LogP contribution < -0.4 is 5.32 Å². The number of hydrogen-bond donors (Lipinski definition) is 1. The molecule has 0 spiro atoms. The monoisotopic (exact) mass is 297 g/mol. The van der Waals surface area contributed by atoms with E-state index in [-0.39, 0.29) is 18.0 Å². The molecule has 2 atom stereocenters. The third kappa shape index (κ3) is 4.29. The van der Waals surface area contributed by atoms with Gasteiger partial charge in [-0.2, -0.15) is 0 Å². The Morgan fingerprint density at radius 3 is 3.05 bits per heavy atom. The normalized spacial score (nSPS) is 20.6. The average molecular weight is 298 g/mol. The Balaban J connectivity index is 1.89. The van der Waals surface area contributed by atoms with Crippen LogP contribution >= 0.6 is 11.6 Å². The topological polar surface area (TPSA) is 29.1 Å². The van der Waals surface area contributed by atoms with E-state index in [1.165, 1.54) is 31.0 Å². The van der Waals surface area contributed by atoms with Gasteiger partial charge in [-0.3, -0.25) is 4.79 Å². The van der Waals surface area contributed by atoms with Crippen LogP contribution in [-0.4, -0.2) is 18.9 Å². The molecule has 110 valence electrons. The highest BCUT2D eigenvalue weighted by Gasteiger charge is 2.22. The minimum Gasteiger partial charge on any atom is -0.316 e. The van der Waals surface area contributed by atoms with Crippen molar-refractivity contribution in [3.63, 3.8) is 0 Å². The number of halogens is 2. The molecule has 0 aliphatic carbocycles. The van der Waals surface area contributed by atoms with Gasteiger partial charge in [-0.25, -0.2) is 4.39 Å². The largest absolute Gasteiger partial charge is 0.316 e. The molecule has 2 unspecified atom stereocenters. The maximum absolute atomic E-state index is 13.2. The van der Waals surface area contributed by atoms with E-state index in [0.717, 1.165) is 13.1 Å². The molecule has 20 heavy (non-hydrogen) atoms. The van der Waals surface area contributed by atoms with Gasteiger partial charge in [-0.05, 0) is 61.5 Å². The van der Waals surface area contributed by atoms with Crippen molar-refractivity contribution < 1.29 is 9.18 Å². The van der Waals surface area contributed by atoms with E-state index in [4.69, 9.17) is 11.6 Å². The van der Waals surface area contributed by atoms with Crippen LogP contribution in [0.2, 0.25) is 5.02 Å². The number of ketones is 1. The van der Waals surface area contributed by atoms with Crippen molar-refractivity contribution in [1.82, 2.24) is 5.32 Å². The molecule has 1 aromatic rings. The Morgan fingerprint density at radius 1 is 1.55 bits per heavy atom. The number of carbonyl (C=O) groups excluding carboxylic acids is 1. The fourth-order valence-corrected chi connectivity index (χ4v) is 3.04. The van der Waals surface area contributed by atoms with Gasteiger partial charge in [0.25, 0.3) is 0 Å². The summed E-state index contributed by atoms with van der Waals surface area (Å²) in [5.41, 5.74) is 0.589. The Morgan fingerprint density at radius 2 is 2.35 bits per heavy atom. The molecule has 1 aromatic carbocycles. The maximum Gasteiger partial charge on any atom is 0.137 e. The quantitative estimate of drug-likeness (QED) is 0.899. The zero-order chi connectivity index (χ0) is 14.5. The van der Waals surface area contributed by atoms with Crippen LogP contribution in [0, 0.1) is 17.7 Å². The number of benzene rings is 1. The molecule has 1 N–H and O–H groups in total. The summed E-state index contributed by atoms with van der Waals surface area (Å²) in [6.07, 6.45) is 3.13. The molecule has 2 rings (SSSR count). The fourth-order valence-electron chi connectivity index (χ4n) is 2.85. The Kier molecular flexibility index (Phi) is 5.55. The van der Waals surface area contributed by atoms with Crippen LogP contribution in [0.25, 0.3) is 0 Å². The van der Waals surface area contributed by atoms with Crippen molar-refractivity contribution in [2.75, 3.05) is 13.1 Å². The highest BCUT2D eigenvalue weighted by Crippen LogP contribution is 2.24. The molecule has 1 aliphatic rings. The second kappa shape index (κ2) is 7.19. The highest BCUT2D eigenvalue weighted by atomic mass is 35.5. The SMILES string of the molecule is CC(CC(=O)Cc1cc(F)ccc1Cl)C1CCCNC1. The lowest BCUT2D eigenvalue weighted by molar-refractivity contribution is -0.119. The first kappa shape index (κ1) is 15.5. The summed E-state index contributed by atoms with van der Waals surface area (Å²) in [6, 6.07) is 4.17. The van der Waals surface area contributed by atoms with Crippen LogP contribution in [0.4, 0.5) is 4.39 Å². The minimum atomic E-state index is -0.346. The first-order valence-corrected chi connectivity index (χ1v) is 7.60. The first-order chi connectivity index (χ1) is 9.56. The fraction of sp³-hybridized carbons (Fsp3) is 0.562. The number of rotatable bonds is 5. The van der Waals surface area contributed by atoms with Crippen LogP contribution in [0.1, 0.15) is 31.7 Å². The molecule has 0 saturated carbocycles. The summed E-state index contributed by atoms with van der Waals surface area (Å²) >= 11 is 6.00. The average Bonchev–Trinajstić information content (AvgIpc) is 2.43. The zero-order valence-electron chi connectivity index (χ0n) is 11.8. The molecule has 0 amide bonds. The second-order valence-electron chi connectivity index (χ2n) is 5.74. The summed E-state index contributed by atoms with van der Waals surface area (Å²) in [7, 11) is 0. The Hall–Kier alpha value is -0.930. The van der Waals surface area contributed by atoms with Crippen molar-refractivity contribution in [2.24, 2.45) is 11.8 Å². The van der Waals surface area contributed by atoms with Gasteiger partial charge in [-0.15, -0.1) is 0 Å². The molecule has 0 aromatic heterocycles. The van der Waals surface area contributed by atoms with Gasteiger partial charge in [0.05, 0.1) is 0 Å². The molecule has 2 nitrogen and oxygen atoms in total. The number of carbonyl (C=O) groups is 1. The standard InChI is InChI=1S/C16H21ClFNO/c1-11(12-3-2-6-19-10-12)7-15(20)9-13-8-14(18)4-5-16(13)17/h4-5,8,11-12,19H,2-3,6-7,9-10H2,1H3. The summed E-state index contributed by atoms with van der Waals surface area (Å²) in [5.74, 6) is 0.718. The molecule has 1 aliphatic heterocycles. The molecule has 1 saturated heterocycles. The number of nitrogens with one attached hydrogen (secondary N) is 1. The van der Waals surface area contributed by atoms with Gasteiger partial charge in [0.1, 0.15) is 11.6 Å². The van der Waals surface area contributed by atoms with Gasteiger partial charge >= 0.3 is 0 Å². The molecule has 1 heterocycles. The molecular formula is C16H21ClFNO. The van der Waals surface area contributed by atoms with Crippen molar-refractivity contribution >= 4 is 17.4 Å². The summed E-state index contributed by atoms with van der Waals surface area (Å²) < 4.78 is 13.2. The number of Topliss-reactive ketones (excluding diaryl/α,β-unsaturated/α-hetero) is 1. The van der Waals surface area contributed by atoms with E-state index in [1.807, 2.05) is 0 Å². The highest BCUT2D eigenvalue weighted by molar-refractivity contribution is 6.31. The molecular weight excluding hydrogens is 277 g/mol. The van der Waals surface area contributed by atoms with Crippen molar-refractivity contribution in [3.05, 3.63) is 34.6 Å². The van der Waals surface area contributed by atoms with Crippen molar-refractivity contribution in [3.8, 4) is 0 Å². The van der Waals surface area contributed by atoms with Crippen molar-refractivity contribution in [2.45, 2.75) is 32.6 Å². The summed E-state index contributed by atoms with van der Waals surface area (Å²) in [6.45, 7) is 4.20. The van der Waals surface area contributed by atoms with E-state index in [2.05, 4.69) is 12.2 Å². The smallest absolute Gasteiger partial charge is 0.137 e. The van der Waals surface area contributed by atoms with Gasteiger partial charge in [-0.1, -0.05) is 18.5 Å². The summed E-state index contributed by atoms with van der Waals surface area (Å²) in [5, 5.41) is 3.84. The van der Waals surface area contributed by atoms with Crippen LogP contribution in [-0.2, 0) is 11.2 Å². The number of piperidine rings is 1. The third-order valence-corrected chi connectivity index (χ3v) is 4.45. The Labute approximate surface area is 124 Å². The van der Waals surface area contributed by atoms with Crippen LogP contribution in [0.15, 0.2) is 18.2 Å². The lowest BCUT2D eigenvalue weighted by atomic mass is 9.83. The molecule has 4 heteroatoms. The van der Waals surface area contributed by atoms with Crippen molar-refractivity contribution in [1.29, 1.82) is 0 Å². The zero-order valence-corrected chi connectivity index (χ0v) is 12.5. The van der Waals surface area contributed by atoms with E-state index in [1.54, 1.807) is 0 Å². The van der Waals surface area contributed by atoms with E-state index >= 15 is 0 Å². The van der Waals surface area contributed by atoms with Gasteiger partial charge in [0, 0.05) is 17.9 Å². The lowest BCUT2D eigenvalue weighted by Gasteiger charge is -2.28. The predicted octanol–water partition coefficient (Wildman–Crippen LogP) is 3.62. The van der Waals surface area contributed by atoms with Crippen LogP contribution in [0.5, 0.6) is 0 Å². The Bertz CT molecular complexity index is 472. The third-order valence-electron chi connectivity index (χ3n) is 4.08. The molecule has 0 radical (unpaired) electrons. The lowest BCUT2D eigenvalue weighted by Crippen LogP contribution is -2.34. The van der Waals surface area contributed by atoms with E-state index < -0.39 is 0 Å². The van der Waals surface area contributed by atoms with Crippen LogP contribution in [0.3, 0.4) is 0 Å². The van der Waals surface area contributed by atoms with Gasteiger partial charge in [0.2, 0.25) is 0 Å². The molecule has 1 fully saturated rings. The number of hydrogen-bond acceptors (Lipinski definition) is 2. The first-order valence-electron chi connectivity index (χ1n) is 7.22. The van der Waals surface area contributed by atoms with E-state index in [9.17, 15) is 9.18 Å².